The second-order valence-corrected chi connectivity index (χ2v) is 9.00. The summed E-state index contributed by atoms with van der Waals surface area (Å²) in [5.74, 6) is 6.12. The van der Waals surface area contributed by atoms with Gasteiger partial charge in [0.1, 0.15) is 0 Å². The van der Waals surface area contributed by atoms with Crippen molar-refractivity contribution in [3.05, 3.63) is 11.6 Å². The van der Waals surface area contributed by atoms with Crippen molar-refractivity contribution in [2.45, 2.75) is 71.3 Å². The second-order valence-electron chi connectivity index (χ2n) is 9.00. The average Bonchev–Trinajstić information content (AvgIpc) is 2.84. The molecule has 120 valence electrons. The van der Waals surface area contributed by atoms with Crippen LogP contribution in [-0.4, -0.2) is 11.2 Å². The van der Waals surface area contributed by atoms with Crippen LogP contribution in [0.15, 0.2) is 11.6 Å². The molecule has 0 aromatic rings. The zero-order chi connectivity index (χ0) is 15.5. The molecule has 0 heterocycles. The first-order valence-electron chi connectivity index (χ1n) is 9.33. The van der Waals surface area contributed by atoms with Crippen molar-refractivity contribution in [3.8, 4) is 12.3 Å². The van der Waals surface area contributed by atoms with Crippen molar-refractivity contribution in [2.24, 2.45) is 34.5 Å². The zero-order valence-electron chi connectivity index (χ0n) is 14.1. The maximum atomic E-state index is 10.1. The van der Waals surface area contributed by atoms with Crippen molar-refractivity contribution in [1.29, 1.82) is 0 Å². The smallest absolute Gasteiger partial charge is 0.0577 e. The van der Waals surface area contributed by atoms with Crippen molar-refractivity contribution >= 4 is 0 Å². The van der Waals surface area contributed by atoms with Gasteiger partial charge in [0.15, 0.2) is 0 Å². The van der Waals surface area contributed by atoms with Crippen LogP contribution >= 0.6 is 0 Å². The lowest BCUT2D eigenvalue weighted by Crippen LogP contribution is -2.50. The Bertz CT molecular complexity index is 541. The van der Waals surface area contributed by atoms with Gasteiger partial charge in [0.25, 0.3) is 0 Å². The summed E-state index contributed by atoms with van der Waals surface area (Å²) in [7, 11) is 0. The van der Waals surface area contributed by atoms with E-state index >= 15 is 0 Å². The summed E-state index contributed by atoms with van der Waals surface area (Å²) in [4.78, 5) is 0. The van der Waals surface area contributed by atoms with Crippen LogP contribution in [0.25, 0.3) is 0 Å². The van der Waals surface area contributed by atoms with E-state index in [1.165, 1.54) is 38.5 Å². The summed E-state index contributed by atoms with van der Waals surface area (Å²) in [6, 6.07) is 0. The summed E-state index contributed by atoms with van der Waals surface area (Å²) < 4.78 is 0. The molecule has 7 atom stereocenters. The predicted octanol–water partition coefficient (Wildman–Crippen LogP) is 4.56. The molecule has 3 saturated carbocycles. The standard InChI is InChI=1S/C21H30O/c1-4-14-6-8-18-17-7-5-15-13-16(22)9-11-21(15,3)19(17)10-12-20(14,18)2/h1,5,14,16-19,22H,6-13H2,2-3H3/t14-,16-,17?,18?,19?,20?,21-/m0/s1. The van der Waals surface area contributed by atoms with Gasteiger partial charge in [-0.15, -0.1) is 12.3 Å². The van der Waals surface area contributed by atoms with E-state index in [1.54, 1.807) is 5.57 Å². The molecule has 0 amide bonds. The Morgan fingerprint density at radius 3 is 2.73 bits per heavy atom. The van der Waals surface area contributed by atoms with Crippen LogP contribution in [0.2, 0.25) is 0 Å². The number of terminal acetylenes is 1. The molecule has 22 heavy (non-hydrogen) atoms. The van der Waals surface area contributed by atoms with E-state index < -0.39 is 0 Å². The fourth-order valence-corrected chi connectivity index (χ4v) is 6.92. The molecule has 0 radical (unpaired) electrons. The highest BCUT2D eigenvalue weighted by Gasteiger charge is 2.58. The van der Waals surface area contributed by atoms with Crippen LogP contribution in [0, 0.1) is 46.8 Å². The zero-order valence-corrected chi connectivity index (χ0v) is 14.1. The second kappa shape index (κ2) is 4.88. The number of aliphatic hydroxyl groups is 1. The highest BCUT2D eigenvalue weighted by atomic mass is 16.3. The number of rotatable bonds is 0. The van der Waals surface area contributed by atoms with Crippen molar-refractivity contribution < 1.29 is 5.11 Å². The summed E-state index contributed by atoms with van der Waals surface area (Å²) in [6.45, 7) is 4.98. The van der Waals surface area contributed by atoms with Crippen molar-refractivity contribution in [3.63, 3.8) is 0 Å². The minimum absolute atomic E-state index is 0.0953. The lowest BCUT2D eigenvalue weighted by atomic mass is 9.47. The molecule has 4 aliphatic rings. The van der Waals surface area contributed by atoms with E-state index in [4.69, 9.17) is 6.42 Å². The maximum absolute atomic E-state index is 10.1. The third kappa shape index (κ3) is 1.83. The lowest BCUT2D eigenvalue weighted by molar-refractivity contribution is -0.0432. The van der Waals surface area contributed by atoms with E-state index in [9.17, 15) is 5.11 Å². The van der Waals surface area contributed by atoms with Gasteiger partial charge in [-0.05, 0) is 80.0 Å². The molecule has 1 heteroatoms. The third-order valence-electron chi connectivity index (χ3n) is 8.28. The van der Waals surface area contributed by atoms with Crippen LogP contribution in [-0.2, 0) is 0 Å². The molecule has 0 bridgehead atoms. The SMILES string of the molecule is C#C[C@H]1CCC2C3CC=C4C[C@@H](O)CC[C@]4(C)C3CCC21C. The number of aliphatic hydroxyl groups excluding tert-OH is 1. The summed E-state index contributed by atoms with van der Waals surface area (Å²) >= 11 is 0. The Balaban J connectivity index is 1.67. The summed E-state index contributed by atoms with van der Waals surface area (Å²) in [5.41, 5.74) is 2.33. The number of allylic oxidation sites excluding steroid dienone is 1. The molecule has 0 saturated heterocycles. The van der Waals surface area contributed by atoms with Crippen LogP contribution in [0.5, 0.6) is 0 Å². The molecule has 0 aromatic heterocycles. The largest absolute Gasteiger partial charge is 0.393 e. The van der Waals surface area contributed by atoms with Crippen LogP contribution < -0.4 is 0 Å². The molecular formula is C21H30O. The molecule has 0 aromatic carbocycles. The number of fused-ring (bicyclic) bond motifs is 5. The van der Waals surface area contributed by atoms with E-state index in [0.29, 0.717) is 16.7 Å². The normalized spacial score (nSPS) is 53.7. The molecule has 3 fully saturated rings. The number of hydrogen-bond acceptors (Lipinski definition) is 1. The van der Waals surface area contributed by atoms with Gasteiger partial charge < -0.3 is 5.11 Å². The van der Waals surface area contributed by atoms with Gasteiger partial charge in [-0.2, -0.15) is 0 Å². The highest BCUT2D eigenvalue weighted by molar-refractivity contribution is 5.26. The molecule has 0 aliphatic heterocycles. The Morgan fingerprint density at radius 1 is 1.14 bits per heavy atom. The quantitative estimate of drug-likeness (QED) is 0.513. The van der Waals surface area contributed by atoms with E-state index in [1.807, 2.05) is 0 Å². The Morgan fingerprint density at radius 2 is 1.95 bits per heavy atom. The van der Waals surface area contributed by atoms with Crippen LogP contribution in [0.4, 0.5) is 0 Å². The van der Waals surface area contributed by atoms with Crippen LogP contribution in [0.3, 0.4) is 0 Å². The Labute approximate surface area is 135 Å². The van der Waals surface area contributed by atoms with Gasteiger partial charge in [-0.1, -0.05) is 25.5 Å². The van der Waals surface area contributed by atoms with Gasteiger partial charge in [-0.25, -0.2) is 0 Å². The topological polar surface area (TPSA) is 20.2 Å². The molecule has 4 aliphatic carbocycles. The number of hydrogen-bond donors (Lipinski definition) is 1. The Hall–Kier alpha value is -0.740. The van der Waals surface area contributed by atoms with Gasteiger partial charge in [0, 0.05) is 5.92 Å². The van der Waals surface area contributed by atoms with E-state index in [0.717, 1.165) is 30.6 Å². The fraction of sp³-hybridized carbons (Fsp3) is 0.810. The van der Waals surface area contributed by atoms with Crippen molar-refractivity contribution in [1.82, 2.24) is 0 Å². The summed E-state index contributed by atoms with van der Waals surface area (Å²) in [6.07, 6.45) is 17.9. The Kier molecular flexibility index (Phi) is 3.29. The van der Waals surface area contributed by atoms with Gasteiger partial charge in [0.05, 0.1) is 6.10 Å². The molecule has 0 spiro atoms. The first-order valence-corrected chi connectivity index (χ1v) is 9.33. The van der Waals surface area contributed by atoms with E-state index in [2.05, 4.69) is 25.8 Å². The first kappa shape index (κ1) is 14.8. The van der Waals surface area contributed by atoms with Gasteiger partial charge in [-0.3, -0.25) is 0 Å². The summed E-state index contributed by atoms with van der Waals surface area (Å²) in [5, 5.41) is 10.1. The van der Waals surface area contributed by atoms with Crippen molar-refractivity contribution in [2.75, 3.05) is 0 Å². The van der Waals surface area contributed by atoms with Crippen LogP contribution in [0.1, 0.15) is 65.2 Å². The average molecular weight is 298 g/mol. The highest BCUT2D eigenvalue weighted by Crippen LogP contribution is 2.66. The molecule has 1 N–H and O–H groups in total. The van der Waals surface area contributed by atoms with Gasteiger partial charge >= 0.3 is 0 Å². The molecular weight excluding hydrogens is 268 g/mol. The monoisotopic (exact) mass is 298 g/mol. The van der Waals surface area contributed by atoms with Gasteiger partial charge in [0.2, 0.25) is 0 Å². The minimum atomic E-state index is -0.0953. The lowest BCUT2D eigenvalue weighted by Gasteiger charge is -2.57. The molecule has 1 nitrogen and oxygen atoms in total. The third-order valence-corrected chi connectivity index (χ3v) is 8.28. The predicted molar refractivity (Wildman–Crippen MR) is 90.0 cm³/mol. The molecule has 4 unspecified atom stereocenters. The fourth-order valence-electron chi connectivity index (χ4n) is 6.92. The minimum Gasteiger partial charge on any atom is -0.393 e. The first-order chi connectivity index (χ1) is 10.5. The molecule has 4 rings (SSSR count). The van der Waals surface area contributed by atoms with E-state index in [-0.39, 0.29) is 6.10 Å². The maximum Gasteiger partial charge on any atom is 0.0577 e.